The van der Waals surface area contributed by atoms with Crippen molar-refractivity contribution in [2.45, 2.75) is 25.1 Å². The Kier molecular flexibility index (Phi) is 5.46. The van der Waals surface area contributed by atoms with Crippen molar-refractivity contribution in [1.29, 1.82) is 0 Å². The fourth-order valence-electron chi connectivity index (χ4n) is 1.30. The predicted molar refractivity (Wildman–Crippen MR) is 71.7 cm³/mol. The highest BCUT2D eigenvalue weighted by atomic mass is 35.5. The van der Waals surface area contributed by atoms with E-state index in [-0.39, 0.29) is 6.54 Å². The van der Waals surface area contributed by atoms with Crippen molar-refractivity contribution in [2.75, 3.05) is 6.54 Å². The summed E-state index contributed by atoms with van der Waals surface area (Å²) in [4.78, 5) is 23.0. The first-order valence-electron chi connectivity index (χ1n) is 5.66. The van der Waals surface area contributed by atoms with E-state index >= 15 is 0 Å². The quantitative estimate of drug-likeness (QED) is 0.768. The van der Waals surface area contributed by atoms with Crippen molar-refractivity contribution in [1.82, 2.24) is 10.6 Å². The highest BCUT2D eigenvalue weighted by Gasteiger charge is 2.58. The van der Waals surface area contributed by atoms with Gasteiger partial charge in [0.05, 0.1) is 4.34 Å². The SMILES string of the molecule is CC(NC(=O)NCCc1ccc(Cl)s1)(C(=O)O)C(F)(F)F. The third-order valence-corrected chi connectivity index (χ3v) is 3.93. The first-order chi connectivity index (χ1) is 9.56. The van der Waals surface area contributed by atoms with Crippen LogP contribution in [0.15, 0.2) is 12.1 Å². The van der Waals surface area contributed by atoms with Gasteiger partial charge >= 0.3 is 18.2 Å². The average molecular weight is 345 g/mol. The van der Waals surface area contributed by atoms with E-state index in [1.807, 2.05) is 0 Å². The lowest BCUT2D eigenvalue weighted by Crippen LogP contribution is -2.63. The van der Waals surface area contributed by atoms with E-state index in [1.54, 1.807) is 12.1 Å². The van der Waals surface area contributed by atoms with Gasteiger partial charge in [-0.1, -0.05) is 11.6 Å². The molecule has 0 saturated heterocycles. The number of carbonyl (C=O) groups is 2. The van der Waals surface area contributed by atoms with Gasteiger partial charge in [-0.05, 0) is 25.5 Å². The fraction of sp³-hybridized carbons (Fsp3) is 0.455. The van der Waals surface area contributed by atoms with Crippen LogP contribution >= 0.6 is 22.9 Å². The van der Waals surface area contributed by atoms with Crippen LogP contribution in [0.2, 0.25) is 4.34 Å². The van der Waals surface area contributed by atoms with Crippen LogP contribution in [-0.4, -0.2) is 35.4 Å². The molecule has 5 nitrogen and oxygen atoms in total. The summed E-state index contributed by atoms with van der Waals surface area (Å²) in [6.45, 7) is 0.435. The van der Waals surface area contributed by atoms with Crippen LogP contribution in [0, 0.1) is 0 Å². The molecule has 1 rings (SSSR count). The zero-order valence-corrected chi connectivity index (χ0v) is 12.3. The molecule has 1 unspecified atom stereocenters. The zero-order chi connectivity index (χ0) is 16.3. The topological polar surface area (TPSA) is 78.4 Å². The van der Waals surface area contributed by atoms with E-state index < -0.39 is 23.7 Å². The van der Waals surface area contributed by atoms with Crippen molar-refractivity contribution in [2.24, 2.45) is 0 Å². The molecule has 0 aliphatic carbocycles. The number of carboxylic acids is 1. The summed E-state index contributed by atoms with van der Waals surface area (Å²) in [5.41, 5.74) is -3.34. The van der Waals surface area contributed by atoms with Crippen LogP contribution in [0.4, 0.5) is 18.0 Å². The number of carboxylic acid groups (broad SMARTS) is 1. The van der Waals surface area contributed by atoms with Crippen molar-refractivity contribution in [3.8, 4) is 0 Å². The Hall–Kier alpha value is -1.48. The Morgan fingerprint density at radius 2 is 2.00 bits per heavy atom. The number of hydrogen-bond donors (Lipinski definition) is 3. The van der Waals surface area contributed by atoms with Gasteiger partial charge in [0.2, 0.25) is 5.54 Å². The molecule has 1 atom stereocenters. The molecule has 21 heavy (non-hydrogen) atoms. The predicted octanol–water partition coefficient (Wildman–Crippen LogP) is 2.65. The van der Waals surface area contributed by atoms with E-state index in [0.29, 0.717) is 17.7 Å². The molecule has 1 aromatic rings. The number of carbonyl (C=O) groups excluding carboxylic acids is 1. The molecule has 0 saturated carbocycles. The number of aliphatic carboxylic acids is 1. The number of nitrogens with one attached hydrogen (secondary N) is 2. The van der Waals surface area contributed by atoms with E-state index in [0.717, 1.165) is 4.88 Å². The molecule has 0 spiro atoms. The Balaban J connectivity index is 2.54. The minimum absolute atomic E-state index is 0.0518. The smallest absolute Gasteiger partial charge is 0.422 e. The van der Waals surface area contributed by atoms with Crippen LogP contribution < -0.4 is 10.6 Å². The number of rotatable bonds is 5. The molecule has 3 N–H and O–H groups in total. The highest BCUT2D eigenvalue weighted by molar-refractivity contribution is 7.16. The summed E-state index contributed by atoms with van der Waals surface area (Å²) in [6.07, 6.45) is -4.74. The van der Waals surface area contributed by atoms with Crippen LogP contribution in [-0.2, 0) is 11.2 Å². The van der Waals surface area contributed by atoms with Crippen LogP contribution in [0.1, 0.15) is 11.8 Å². The molecule has 118 valence electrons. The summed E-state index contributed by atoms with van der Waals surface area (Å²) in [7, 11) is 0. The van der Waals surface area contributed by atoms with Gasteiger partial charge in [0.1, 0.15) is 0 Å². The van der Waals surface area contributed by atoms with Crippen LogP contribution in [0.5, 0.6) is 0 Å². The van der Waals surface area contributed by atoms with Crippen LogP contribution in [0.25, 0.3) is 0 Å². The van der Waals surface area contributed by atoms with Crippen molar-refractivity contribution in [3.05, 3.63) is 21.3 Å². The Labute approximate surface area is 127 Å². The zero-order valence-electron chi connectivity index (χ0n) is 10.8. The number of hydrogen-bond acceptors (Lipinski definition) is 3. The fourth-order valence-corrected chi connectivity index (χ4v) is 2.39. The van der Waals surface area contributed by atoms with Crippen molar-refractivity contribution >= 4 is 34.9 Å². The number of amides is 2. The standard InChI is InChI=1S/C11H12ClF3N2O3S/c1-10(8(18)19,11(13,14)15)17-9(20)16-5-4-6-2-3-7(12)21-6/h2-3H,4-5H2,1H3,(H,18,19)(H2,16,17,20). The van der Waals surface area contributed by atoms with Gasteiger partial charge in [0, 0.05) is 11.4 Å². The summed E-state index contributed by atoms with van der Waals surface area (Å²) in [5, 5.41) is 12.2. The molecule has 1 aromatic heterocycles. The normalized spacial score (nSPS) is 14.3. The van der Waals surface area contributed by atoms with Gasteiger partial charge in [0.15, 0.2) is 0 Å². The summed E-state index contributed by atoms with van der Waals surface area (Å²) in [5.74, 6) is -2.19. The average Bonchev–Trinajstić information content (AvgIpc) is 2.73. The second-order valence-corrected chi connectivity index (χ2v) is 6.06. The summed E-state index contributed by atoms with van der Waals surface area (Å²) < 4.78 is 38.6. The highest BCUT2D eigenvalue weighted by Crippen LogP contribution is 2.30. The maximum Gasteiger partial charge on any atom is 0.422 e. The molecule has 0 bridgehead atoms. The maximum atomic E-state index is 12.7. The molecule has 2 amide bonds. The minimum Gasteiger partial charge on any atom is -0.479 e. The first kappa shape index (κ1) is 17.6. The molecule has 0 aromatic carbocycles. The van der Waals surface area contributed by atoms with Gasteiger partial charge in [-0.3, -0.25) is 0 Å². The summed E-state index contributed by atoms with van der Waals surface area (Å²) in [6, 6.07) is 2.18. The Bertz CT molecular complexity index is 535. The van der Waals surface area contributed by atoms with Crippen molar-refractivity contribution in [3.63, 3.8) is 0 Å². The molecule has 0 aliphatic heterocycles. The lowest BCUT2D eigenvalue weighted by molar-refractivity contribution is -0.203. The molecule has 0 aliphatic rings. The van der Waals surface area contributed by atoms with E-state index in [2.05, 4.69) is 5.32 Å². The van der Waals surface area contributed by atoms with E-state index in [1.165, 1.54) is 16.7 Å². The van der Waals surface area contributed by atoms with Gasteiger partial charge in [-0.25, -0.2) is 9.59 Å². The number of halogens is 4. The van der Waals surface area contributed by atoms with Gasteiger partial charge in [-0.15, -0.1) is 11.3 Å². The molecule has 0 fully saturated rings. The third kappa shape index (κ3) is 4.50. The summed E-state index contributed by atoms with van der Waals surface area (Å²) >= 11 is 6.98. The number of urea groups is 1. The second-order valence-electron chi connectivity index (χ2n) is 4.26. The van der Waals surface area contributed by atoms with E-state index in [9.17, 15) is 22.8 Å². The lowest BCUT2D eigenvalue weighted by Gasteiger charge is -2.28. The van der Waals surface area contributed by atoms with Crippen LogP contribution in [0.3, 0.4) is 0 Å². The van der Waals surface area contributed by atoms with Gasteiger partial charge < -0.3 is 15.7 Å². The Morgan fingerprint density at radius 1 is 1.38 bits per heavy atom. The molecular weight excluding hydrogens is 333 g/mol. The van der Waals surface area contributed by atoms with Gasteiger partial charge in [-0.2, -0.15) is 13.2 Å². The number of alkyl halides is 3. The maximum absolute atomic E-state index is 12.7. The van der Waals surface area contributed by atoms with Crippen molar-refractivity contribution < 1.29 is 27.9 Å². The monoisotopic (exact) mass is 344 g/mol. The number of thiophene rings is 1. The Morgan fingerprint density at radius 3 is 2.43 bits per heavy atom. The molecule has 10 heteroatoms. The minimum atomic E-state index is -5.11. The third-order valence-electron chi connectivity index (χ3n) is 2.64. The lowest BCUT2D eigenvalue weighted by atomic mass is 10.0. The molecule has 0 radical (unpaired) electrons. The second kappa shape index (κ2) is 6.52. The first-order valence-corrected chi connectivity index (χ1v) is 6.86. The largest absolute Gasteiger partial charge is 0.479 e. The molecular formula is C11H12ClF3N2O3S. The van der Waals surface area contributed by atoms with E-state index in [4.69, 9.17) is 16.7 Å². The molecule has 1 heterocycles. The van der Waals surface area contributed by atoms with Gasteiger partial charge in [0.25, 0.3) is 0 Å².